The molecule has 6 nitrogen and oxygen atoms in total. The zero-order valence-electron chi connectivity index (χ0n) is 16.6. The van der Waals surface area contributed by atoms with Gasteiger partial charge in [0.1, 0.15) is 6.04 Å². The molecular weight excluding hydrogens is 344 g/mol. The van der Waals surface area contributed by atoms with Crippen LogP contribution in [0.25, 0.3) is 0 Å². The minimum Gasteiger partial charge on any atom is -0.379 e. The SMILES string of the molecule is Cc1ccc(C(=O)NC(C(=O)NCCCOCC2CCCO2)C(C)C)cc1. The molecule has 1 aromatic rings. The molecule has 1 aliphatic heterocycles. The first-order valence-electron chi connectivity index (χ1n) is 9.82. The lowest BCUT2D eigenvalue weighted by Gasteiger charge is -2.22. The molecule has 0 aliphatic carbocycles. The molecule has 1 heterocycles. The Labute approximate surface area is 162 Å². The largest absolute Gasteiger partial charge is 0.379 e. The van der Waals surface area contributed by atoms with Crippen molar-refractivity contribution in [2.75, 3.05) is 26.4 Å². The number of hydrogen-bond acceptors (Lipinski definition) is 4. The second-order valence-electron chi connectivity index (χ2n) is 7.42. The molecule has 1 saturated heterocycles. The highest BCUT2D eigenvalue weighted by atomic mass is 16.5. The first kappa shape index (κ1) is 21.4. The zero-order chi connectivity index (χ0) is 19.6. The summed E-state index contributed by atoms with van der Waals surface area (Å²) in [5.41, 5.74) is 1.65. The van der Waals surface area contributed by atoms with Gasteiger partial charge in [0.05, 0.1) is 12.7 Å². The van der Waals surface area contributed by atoms with Crippen LogP contribution in [-0.4, -0.2) is 50.3 Å². The van der Waals surface area contributed by atoms with E-state index in [4.69, 9.17) is 9.47 Å². The highest BCUT2D eigenvalue weighted by Gasteiger charge is 2.24. The van der Waals surface area contributed by atoms with Crippen LogP contribution in [0, 0.1) is 12.8 Å². The average Bonchev–Trinajstić information content (AvgIpc) is 3.16. The van der Waals surface area contributed by atoms with Crippen molar-refractivity contribution in [2.24, 2.45) is 5.92 Å². The second kappa shape index (κ2) is 11.0. The maximum Gasteiger partial charge on any atom is 0.251 e. The highest BCUT2D eigenvalue weighted by Crippen LogP contribution is 2.12. The van der Waals surface area contributed by atoms with Crippen LogP contribution in [0.5, 0.6) is 0 Å². The number of hydrogen-bond donors (Lipinski definition) is 2. The quantitative estimate of drug-likeness (QED) is 0.615. The van der Waals surface area contributed by atoms with Crippen molar-refractivity contribution in [1.29, 1.82) is 0 Å². The summed E-state index contributed by atoms with van der Waals surface area (Å²) in [6.45, 7) is 8.37. The Morgan fingerprint density at radius 3 is 2.63 bits per heavy atom. The number of carbonyl (C=O) groups excluding carboxylic acids is 2. The number of nitrogens with one attached hydrogen (secondary N) is 2. The van der Waals surface area contributed by atoms with E-state index in [9.17, 15) is 9.59 Å². The Balaban J connectivity index is 1.70. The van der Waals surface area contributed by atoms with Gasteiger partial charge in [0.15, 0.2) is 0 Å². The van der Waals surface area contributed by atoms with Gasteiger partial charge in [0.2, 0.25) is 5.91 Å². The standard InChI is InChI=1S/C21H32N2O4/c1-15(2)19(23-20(24)17-9-7-16(3)8-10-17)21(25)22-11-5-12-26-14-18-6-4-13-27-18/h7-10,15,18-19H,4-6,11-14H2,1-3H3,(H,22,25)(H,23,24). The number of benzene rings is 1. The summed E-state index contributed by atoms with van der Waals surface area (Å²) in [5, 5.41) is 5.74. The lowest BCUT2D eigenvalue weighted by molar-refractivity contribution is -0.124. The minimum atomic E-state index is -0.563. The summed E-state index contributed by atoms with van der Waals surface area (Å²) in [6.07, 6.45) is 3.12. The molecule has 1 aliphatic rings. The van der Waals surface area contributed by atoms with E-state index in [-0.39, 0.29) is 23.8 Å². The topological polar surface area (TPSA) is 76.7 Å². The number of rotatable bonds is 10. The number of carbonyl (C=O) groups is 2. The maximum atomic E-state index is 12.5. The third-order valence-corrected chi connectivity index (χ3v) is 4.64. The van der Waals surface area contributed by atoms with Crippen LogP contribution in [0.15, 0.2) is 24.3 Å². The van der Waals surface area contributed by atoms with Crippen LogP contribution >= 0.6 is 0 Å². The summed E-state index contributed by atoms with van der Waals surface area (Å²) in [6, 6.07) is 6.74. The predicted molar refractivity (Wildman–Crippen MR) is 105 cm³/mol. The van der Waals surface area contributed by atoms with Gasteiger partial charge in [-0.25, -0.2) is 0 Å². The van der Waals surface area contributed by atoms with E-state index in [1.807, 2.05) is 32.9 Å². The van der Waals surface area contributed by atoms with Crippen molar-refractivity contribution in [3.05, 3.63) is 35.4 Å². The smallest absolute Gasteiger partial charge is 0.251 e. The average molecular weight is 376 g/mol. The first-order valence-corrected chi connectivity index (χ1v) is 9.82. The summed E-state index contributed by atoms with van der Waals surface area (Å²) < 4.78 is 11.1. The van der Waals surface area contributed by atoms with Gasteiger partial charge in [0, 0.05) is 25.3 Å². The molecule has 27 heavy (non-hydrogen) atoms. The molecule has 2 rings (SSSR count). The minimum absolute atomic E-state index is 0.00448. The lowest BCUT2D eigenvalue weighted by atomic mass is 10.0. The molecule has 0 radical (unpaired) electrons. The Morgan fingerprint density at radius 1 is 1.26 bits per heavy atom. The van der Waals surface area contributed by atoms with Crippen molar-refractivity contribution in [2.45, 2.75) is 52.2 Å². The molecule has 0 bridgehead atoms. The van der Waals surface area contributed by atoms with Crippen molar-refractivity contribution in [3.63, 3.8) is 0 Å². The maximum absolute atomic E-state index is 12.5. The fourth-order valence-corrected chi connectivity index (χ4v) is 2.95. The molecule has 0 spiro atoms. The lowest BCUT2D eigenvalue weighted by Crippen LogP contribution is -2.50. The zero-order valence-corrected chi connectivity index (χ0v) is 16.6. The van der Waals surface area contributed by atoms with Crippen molar-refractivity contribution in [1.82, 2.24) is 10.6 Å². The van der Waals surface area contributed by atoms with Crippen LogP contribution < -0.4 is 10.6 Å². The summed E-state index contributed by atoms with van der Waals surface area (Å²) in [4.78, 5) is 24.9. The molecule has 1 aromatic carbocycles. The molecular formula is C21H32N2O4. The first-order chi connectivity index (χ1) is 13.0. The molecule has 1 fully saturated rings. The Kier molecular flexibility index (Phi) is 8.75. The molecule has 0 saturated carbocycles. The van der Waals surface area contributed by atoms with E-state index >= 15 is 0 Å². The fraction of sp³-hybridized carbons (Fsp3) is 0.619. The number of amides is 2. The van der Waals surface area contributed by atoms with Gasteiger partial charge in [0.25, 0.3) is 5.91 Å². The van der Waals surface area contributed by atoms with Crippen molar-refractivity contribution >= 4 is 11.8 Å². The Bertz CT molecular complexity index is 595. The number of aryl methyl sites for hydroxylation is 1. The monoisotopic (exact) mass is 376 g/mol. The fourth-order valence-electron chi connectivity index (χ4n) is 2.95. The van der Waals surface area contributed by atoms with Gasteiger partial charge < -0.3 is 20.1 Å². The Hall–Kier alpha value is -1.92. The molecule has 0 aromatic heterocycles. The van der Waals surface area contributed by atoms with E-state index in [0.29, 0.717) is 25.3 Å². The third-order valence-electron chi connectivity index (χ3n) is 4.64. The van der Waals surface area contributed by atoms with E-state index in [1.165, 1.54) is 0 Å². The van der Waals surface area contributed by atoms with E-state index in [1.54, 1.807) is 12.1 Å². The van der Waals surface area contributed by atoms with Gasteiger partial charge in [-0.05, 0) is 44.2 Å². The molecule has 150 valence electrons. The van der Waals surface area contributed by atoms with Crippen LogP contribution in [0.1, 0.15) is 49.0 Å². The summed E-state index contributed by atoms with van der Waals surface area (Å²) in [7, 11) is 0. The van der Waals surface area contributed by atoms with Crippen LogP contribution in [0.2, 0.25) is 0 Å². The Morgan fingerprint density at radius 2 is 2.00 bits per heavy atom. The van der Waals surface area contributed by atoms with Gasteiger partial charge in [-0.1, -0.05) is 31.5 Å². The second-order valence-corrected chi connectivity index (χ2v) is 7.42. The molecule has 2 unspecified atom stereocenters. The normalized spacial score (nSPS) is 17.7. The highest BCUT2D eigenvalue weighted by molar-refractivity contribution is 5.97. The van der Waals surface area contributed by atoms with Gasteiger partial charge in [-0.2, -0.15) is 0 Å². The number of ether oxygens (including phenoxy) is 2. The van der Waals surface area contributed by atoms with E-state index in [2.05, 4.69) is 10.6 Å². The molecule has 2 N–H and O–H groups in total. The predicted octanol–water partition coefficient (Wildman–Crippen LogP) is 2.45. The van der Waals surface area contributed by atoms with Crippen molar-refractivity contribution in [3.8, 4) is 0 Å². The van der Waals surface area contributed by atoms with Crippen LogP contribution in [0.4, 0.5) is 0 Å². The van der Waals surface area contributed by atoms with E-state index < -0.39 is 6.04 Å². The van der Waals surface area contributed by atoms with Gasteiger partial charge in [-0.15, -0.1) is 0 Å². The molecule has 2 amide bonds. The van der Waals surface area contributed by atoms with Crippen LogP contribution in [0.3, 0.4) is 0 Å². The summed E-state index contributed by atoms with van der Waals surface area (Å²) >= 11 is 0. The third kappa shape index (κ3) is 7.31. The van der Waals surface area contributed by atoms with E-state index in [0.717, 1.165) is 31.4 Å². The van der Waals surface area contributed by atoms with Crippen LogP contribution in [-0.2, 0) is 14.3 Å². The van der Waals surface area contributed by atoms with Gasteiger partial charge in [-0.3, -0.25) is 9.59 Å². The van der Waals surface area contributed by atoms with Crippen molar-refractivity contribution < 1.29 is 19.1 Å². The molecule has 2 atom stereocenters. The van der Waals surface area contributed by atoms with Gasteiger partial charge >= 0.3 is 0 Å². The molecule has 6 heteroatoms. The summed E-state index contributed by atoms with van der Waals surface area (Å²) in [5.74, 6) is -0.400.